The van der Waals surface area contributed by atoms with E-state index < -0.39 is 0 Å². The van der Waals surface area contributed by atoms with Gasteiger partial charge in [-0.25, -0.2) is 0 Å². The van der Waals surface area contributed by atoms with Crippen molar-refractivity contribution >= 4 is 35.0 Å². The molecule has 116 valence electrons. The molecule has 2 aromatic rings. The van der Waals surface area contributed by atoms with E-state index in [1.165, 1.54) is 11.8 Å². The van der Waals surface area contributed by atoms with Gasteiger partial charge in [-0.3, -0.25) is 4.79 Å². The lowest BCUT2D eigenvalue weighted by molar-refractivity contribution is -0.115. The van der Waals surface area contributed by atoms with Gasteiger partial charge in [0.05, 0.1) is 5.25 Å². The minimum Gasteiger partial charge on any atom is -0.325 e. The van der Waals surface area contributed by atoms with Crippen molar-refractivity contribution in [3.05, 3.63) is 35.1 Å². The Morgan fingerprint density at radius 2 is 2.23 bits per heavy atom. The molecule has 3 rings (SSSR count). The quantitative estimate of drug-likeness (QED) is 0.846. The number of carbonyl (C=O) groups is 1. The molecule has 1 saturated carbocycles. The molecule has 1 heterocycles. The Morgan fingerprint density at radius 3 is 2.91 bits per heavy atom. The number of benzene rings is 1. The third-order valence-corrected chi connectivity index (χ3v) is 4.78. The van der Waals surface area contributed by atoms with Gasteiger partial charge in [-0.1, -0.05) is 29.4 Å². The molecule has 1 fully saturated rings. The van der Waals surface area contributed by atoms with Crippen LogP contribution in [0.2, 0.25) is 5.02 Å². The summed E-state index contributed by atoms with van der Waals surface area (Å²) in [5.41, 5.74) is 0.699. The number of hydrogen-bond acceptors (Lipinski definition) is 4. The fourth-order valence-electron chi connectivity index (χ4n) is 2.21. The van der Waals surface area contributed by atoms with Gasteiger partial charge in [0.25, 0.3) is 0 Å². The van der Waals surface area contributed by atoms with Crippen molar-refractivity contribution in [1.29, 1.82) is 0 Å². The first-order valence-corrected chi connectivity index (χ1v) is 8.45. The minimum absolute atomic E-state index is 0.0738. The van der Waals surface area contributed by atoms with Gasteiger partial charge in [0, 0.05) is 16.8 Å². The van der Waals surface area contributed by atoms with Crippen LogP contribution in [0.5, 0.6) is 0 Å². The third-order valence-electron chi connectivity index (χ3n) is 3.49. The molecule has 1 N–H and O–H groups in total. The lowest BCUT2D eigenvalue weighted by Crippen LogP contribution is -2.22. The number of aryl methyl sites for hydroxylation is 1. The summed E-state index contributed by atoms with van der Waals surface area (Å²) in [7, 11) is 0. The molecule has 0 spiro atoms. The van der Waals surface area contributed by atoms with E-state index in [-0.39, 0.29) is 11.2 Å². The molecule has 7 heteroatoms. The normalized spacial score (nSPS) is 15.6. The molecule has 1 aromatic heterocycles. The molecular formula is C15H17ClN4OS. The van der Waals surface area contributed by atoms with Crippen LogP contribution in [0, 0.1) is 6.92 Å². The molecule has 0 unspecified atom stereocenters. The Labute approximate surface area is 138 Å². The average molecular weight is 337 g/mol. The number of aromatic nitrogens is 3. The topological polar surface area (TPSA) is 59.8 Å². The second-order valence-corrected chi connectivity index (χ2v) is 7.14. The van der Waals surface area contributed by atoms with Gasteiger partial charge < -0.3 is 9.88 Å². The second-order valence-electron chi connectivity index (χ2n) is 5.39. The van der Waals surface area contributed by atoms with Crippen LogP contribution in [0.1, 0.15) is 31.6 Å². The molecule has 22 heavy (non-hydrogen) atoms. The zero-order valence-corrected chi connectivity index (χ0v) is 14.0. The summed E-state index contributed by atoms with van der Waals surface area (Å²) in [5.74, 6) is 0.836. The Kier molecular flexibility index (Phi) is 4.40. The number of rotatable bonds is 5. The van der Waals surface area contributed by atoms with Crippen molar-refractivity contribution < 1.29 is 4.79 Å². The first-order chi connectivity index (χ1) is 10.5. The maximum atomic E-state index is 12.3. The molecule has 0 saturated heterocycles. The Balaban J connectivity index is 1.66. The van der Waals surface area contributed by atoms with E-state index in [9.17, 15) is 4.79 Å². The standard InChI is InChI=1S/C15H17ClN4OS/c1-9(14(21)17-12-5-3-4-11(16)8-12)22-15-19-18-10(2)20(15)13-6-7-13/h3-5,8-9,13H,6-7H2,1-2H3,(H,17,21)/t9-/m1/s1. The summed E-state index contributed by atoms with van der Waals surface area (Å²) >= 11 is 7.36. The van der Waals surface area contributed by atoms with Crippen LogP contribution < -0.4 is 5.32 Å². The molecule has 1 aliphatic rings. The molecule has 1 amide bonds. The molecule has 1 aliphatic carbocycles. The summed E-state index contributed by atoms with van der Waals surface area (Å²) < 4.78 is 2.13. The van der Waals surface area contributed by atoms with Gasteiger partial charge >= 0.3 is 0 Å². The van der Waals surface area contributed by atoms with Crippen molar-refractivity contribution in [2.45, 2.75) is 43.1 Å². The second kappa shape index (κ2) is 6.30. The van der Waals surface area contributed by atoms with E-state index in [0.717, 1.165) is 23.8 Å². The first kappa shape index (κ1) is 15.4. The molecule has 1 aromatic carbocycles. The van der Waals surface area contributed by atoms with Crippen LogP contribution in [-0.2, 0) is 4.79 Å². The van der Waals surface area contributed by atoms with Crippen LogP contribution in [0.4, 0.5) is 5.69 Å². The maximum Gasteiger partial charge on any atom is 0.237 e. The lowest BCUT2D eigenvalue weighted by atomic mass is 10.3. The van der Waals surface area contributed by atoms with Crippen molar-refractivity contribution in [2.24, 2.45) is 0 Å². The molecule has 0 bridgehead atoms. The summed E-state index contributed by atoms with van der Waals surface area (Å²) in [4.78, 5) is 12.3. The maximum absolute atomic E-state index is 12.3. The van der Waals surface area contributed by atoms with Crippen LogP contribution in [0.3, 0.4) is 0 Å². The fourth-order valence-corrected chi connectivity index (χ4v) is 3.36. The van der Waals surface area contributed by atoms with Gasteiger partial charge in [-0.2, -0.15) is 0 Å². The summed E-state index contributed by atoms with van der Waals surface area (Å²) in [6.45, 7) is 3.82. The Morgan fingerprint density at radius 1 is 1.45 bits per heavy atom. The van der Waals surface area contributed by atoms with Crippen LogP contribution in [0.15, 0.2) is 29.4 Å². The van der Waals surface area contributed by atoms with Crippen molar-refractivity contribution in [2.75, 3.05) is 5.32 Å². The molecular weight excluding hydrogens is 320 g/mol. The van der Waals surface area contributed by atoms with E-state index in [1.54, 1.807) is 12.1 Å². The van der Waals surface area contributed by atoms with E-state index in [1.807, 2.05) is 26.0 Å². The number of hydrogen-bond donors (Lipinski definition) is 1. The number of amides is 1. The van der Waals surface area contributed by atoms with Crippen molar-refractivity contribution in [3.8, 4) is 0 Å². The summed E-state index contributed by atoms with van der Waals surface area (Å²) in [6, 6.07) is 7.63. The predicted molar refractivity (Wildman–Crippen MR) is 88.4 cm³/mol. The molecule has 0 aliphatic heterocycles. The zero-order valence-electron chi connectivity index (χ0n) is 12.4. The highest BCUT2D eigenvalue weighted by atomic mass is 35.5. The largest absolute Gasteiger partial charge is 0.325 e. The monoisotopic (exact) mass is 336 g/mol. The number of anilines is 1. The van der Waals surface area contributed by atoms with Crippen LogP contribution >= 0.6 is 23.4 Å². The molecule has 5 nitrogen and oxygen atoms in total. The van der Waals surface area contributed by atoms with Crippen LogP contribution in [0.25, 0.3) is 0 Å². The van der Waals surface area contributed by atoms with Gasteiger partial charge in [-0.15, -0.1) is 10.2 Å². The molecule has 0 radical (unpaired) electrons. The number of nitrogens with one attached hydrogen (secondary N) is 1. The minimum atomic E-state index is -0.264. The SMILES string of the molecule is Cc1nnc(S[C@H](C)C(=O)Nc2cccc(Cl)c2)n1C1CC1. The van der Waals surface area contributed by atoms with E-state index in [0.29, 0.717) is 16.8 Å². The molecule has 1 atom stereocenters. The van der Waals surface area contributed by atoms with Gasteiger partial charge in [0.1, 0.15) is 5.82 Å². The average Bonchev–Trinajstić information content (AvgIpc) is 3.24. The zero-order chi connectivity index (χ0) is 15.7. The Bertz CT molecular complexity index is 699. The number of nitrogens with zero attached hydrogens (tertiary/aromatic N) is 3. The van der Waals surface area contributed by atoms with Crippen molar-refractivity contribution in [3.63, 3.8) is 0 Å². The van der Waals surface area contributed by atoms with Crippen LogP contribution in [-0.4, -0.2) is 25.9 Å². The van der Waals surface area contributed by atoms with E-state index >= 15 is 0 Å². The number of thioether (sulfide) groups is 1. The van der Waals surface area contributed by atoms with E-state index in [4.69, 9.17) is 11.6 Å². The third kappa shape index (κ3) is 3.44. The number of carbonyl (C=O) groups excluding carboxylic acids is 1. The fraction of sp³-hybridized carbons (Fsp3) is 0.400. The number of halogens is 1. The van der Waals surface area contributed by atoms with Gasteiger partial charge in [0.15, 0.2) is 5.16 Å². The van der Waals surface area contributed by atoms with Gasteiger partial charge in [0.2, 0.25) is 5.91 Å². The first-order valence-electron chi connectivity index (χ1n) is 7.19. The highest BCUT2D eigenvalue weighted by molar-refractivity contribution is 8.00. The Hall–Kier alpha value is -1.53. The highest BCUT2D eigenvalue weighted by Crippen LogP contribution is 2.39. The summed E-state index contributed by atoms with van der Waals surface area (Å²) in [5, 5.41) is 12.3. The predicted octanol–water partition coefficient (Wildman–Crippen LogP) is 3.69. The smallest absolute Gasteiger partial charge is 0.237 e. The van der Waals surface area contributed by atoms with Gasteiger partial charge in [-0.05, 0) is 44.9 Å². The highest BCUT2D eigenvalue weighted by Gasteiger charge is 2.29. The lowest BCUT2D eigenvalue weighted by Gasteiger charge is -2.13. The van der Waals surface area contributed by atoms with Crippen molar-refractivity contribution in [1.82, 2.24) is 14.8 Å². The van der Waals surface area contributed by atoms with E-state index in [2.05, 4.69) is 20.1 Å². The summed E-state index contributed by atoms with van der Waals surface area (Å²) in [6.07, 6.45) is 2.32.